The quantitative estimate of drug-likeness (QED) is 0.646. The van der Waals surface area contributed by atoms with Gasteiger partial charge >= 0.3 is 0 Å². The average molecular weight is 262 g/mol. The third-order valence-corrected chi connectivity index (χ3v) is 2.86. The molecule has 18 heavy (non-hydrogen) atoms. The van der Waals surface area contributed by atoms with Crippen molar-refractivity contribution < 1.29 is 4.79 Å². The van der Waals surface area contributed by atoms with Crippen molar-refractivity contribution in [3.05, 3.63) is 41.1 Å². The van der Waals surface area contributed by atoms with E-state index >= 15 is 0 Å². The Morgan fingerprint density at radius 2 is 2.17 bits per heavy atom. The molecule has 5 heteroatoms. The number of hydrogen-bond acceptors (Lipinski definition) is 3. The van der Waals surface area contributed by atoms with Gasteiger partial charge in [0.15, 0.2) is 0 Å². The number of nitriles is 1. The fraction of sp³-hybridized carbons (Fsp3) is 0.231. The molecule has 0 atom stereocenters. The lowest BCUT2D eigenvalue weighted by Crippen LogP contribution is -2.17. The first-order valence-corrected chi connectivity index (χ1v) is 6.00. The largest absolute Gasteiger partial charge is 0.387 e. The molecule has 1 aliphatic rings. The van der Waals surface area contributed by atoms with E-state index in [0.29, 0.717) is 16.8 Å². The molecule has 1 aromatic carbocycles. The highest BCUT2D eigenvalue weighted by Gasteiger charge is 2.20. The molecule has 1 aliphatic carbocycles. The Balaban J connectivity index is 2.03. The molecule has 1 fully saturated rings. The number of nitrogens with zero attached hydrogens (tertiary/aromatic N) is 1. The smallest absolute Gasteiger partial charge is 0.267 e. The van der Waals surface area contributed by atoms with Gasteiger partial charge < -0.3 is 10.6 Å². The highest BCUT2D eigenvalue weighted by atomic mass is 35.5. The molecule has 1 amide bonds. The number of anilines is 1. The molecule has 92 valence electrons. The van der Waals surface area contributed by atoms with Gasteiger partial charge in [-0.1, -0.05) is 23.7 Å². The number of hydrogen-bond donors (Lipinski definition) is 2. The first kappa shape index (κ1) is 12.5. The Morgan fingerprint density at radius 3 is 2.78 bits per heavy atom. The first-order valence-electron chi connectivity index (χ1n) is 5.63. The summed E-state index contributed by atoms with van der Waals surface area (Å²) in [6, 6.07) is 9.17. The van der Waals surface area contributed by atoms with Crippen molar-refractivity contribution in [3.63, 3.8) is 0 Å². The predicted octanol–water partition coefficient (Wildman–Crippen LogP) is 2.44. The second-order valence-electron chi connectivity index (χ2n) is 4.04. The summed E-state index contributed by atoms with van der Waals surface area (Å²) < 4.78 is 0. The van der Waals surface area contributed by atoms with Crippen molar-refractivity contribution in [1.29, 1.82) is 5.26 Å². The molecule has 0 aliphatic heterocycles. The van der Waals surface area contributed by atoms with Crippen molar-refractivity contribution in [1.82, 2.24) is 5.32 Å². The van der Waals surface area contributed by atoms with E-state index in [1.165, 1.54) is 6.20 Å². The van der Waals surface area contributed by atoms with Gasteiger partial charge in [-0.3, -0.25) is 4.79 Å². The zero-order valence-electron chi connectivity index (χ0n) is 9.61. The number of amides is 1. The summed E-state index contributed by atoms with van der Waals surface area (Å²) in [5.41, 5.74) is 0.540. The van der Waals surface area contributed by atoms with E-state index < -0.39 is 5.91 Å². The summed E-state index contributed by atoms with van der Waals surface area (Å²) in [5.74, 6) is -0.459. The van der Waals surface area contributed by atoms with Crippen LogP contribution in [0.25, 0.3) is 0 Å². The highest BCUT2D eigenvalue weighted by molar-refractivity contribution is 6.33. The van der Waals surface area contributed by atoms with Crippen LogP contribution < -0.4 is 10.6 Å². The van der Waals surface area contributed by atoms with Crippen molar-refractivity contribution in [3.8, 4) is 6.07 Å². The molecule has 1 aromatic rings. The van der Waals surface area contributed by atoms with Gasteiger partial charge in [-0.25, -0.2) is 0 Å². The van der Waals surface area contributed by atoms with Gasteiger partial charge in [0.25, 0.3) is 5.91 Å². The van der Waals surface area contributed by atoms with E-state index in [-0.39, 0.29) is 5.57 Å². The molecule has 0 heterocycles. The zero-order valence-corrected chi connectivity index (χ0v) is 10.4. The topological polar surface area (TPSA) is 64.9 Å². The molecule has 0 radical (unpaired) electrons. The third-order valence-electron chi connectivity index (χ3n) is 2.53. The minimum Gasteiger partial charge on any atom is -0.387 e. The molecule has 0 saturated heterocycles. The van der Waals surface area contributed by atoms with E-state index in [2.05, 4.69) is 10.6 Å². The summed E-state index contributed by atoms with van der Waals surface area (Å²) in [5, 5.41) is 15.0. The maximum atomic E-state index is 11.8. The number of nitrogens with one attached hydrogen (secondary N) is 2. The van der Waals surface area contributed by atoms with Gasteiger partial charge in [0, 0.05) is 12.2 Å². The number of benzene rings is 1. The molecule has 4 nitrogen and oxygen atoms in total. The van der Waals surface area contributed by atoms with Crippen LogP contribution in [-0.2, 0) is 4.79 Å². The summed E-state index contributed by atoms with van der Waals surface area (Å²) >= 11 is 5.92. The SMILES string of the molecule is N#C/C(=C/NC1CC1)C(=O)Nc1ccccc1Cl. The Hall–Kier alpha value is -1.99. The molecule has 0 bridgehead atoms. The van der Waals surface area contributed by atoms with Gasteiger partial charge in [-0.05, 0) is 25.0 Å². The molecule has 0 unspecified atom stereocenters. The zero-order chi connectivity index (χ0) is 13.0. The minimum atomic E-state index is -0.459. The number of para-hydroxylation sites is 1. The van der Waals surface area contributed by atoms with Gasteiger partial charge in [0.05, 0.1) is 10.7 Å². The molecule has 1 saturated carbocycles. The van der Waals surface area contributed by atoms with Crippen LogP contribution in [0.2, 0.25) is 5.02 Å². The second kappa shape index (κ2) is 5.56. The van der Waals surface area contributed by atoms with Crippen LogP contribution in [0.4, 0.5) is 5.69 Å². The van der Waals surface area contributed by atoms with Crippen molar-refractivity contribution >= 4 is 23.2 Å². The summed E-state index contributed by atoms with van der Waals surface area (Å²) in [6.07, 6.45) is 3.63. The number of carbonyl (C=O) groups excluding carboxylic acids is 1. The van der Waals surface area contributed by atoms with Crippen LogP contribution >= 0.6 is 11.6 Å². The van der Waals surface area contributed by atoms with Crippen molar-refractivity contribution in [2.45, 2.75) is 18.9 Å². The van der Waals surface area contributed by atoms with Crippen LogP contribution in [0.15, 0.2) is 36.0 Å². The molecule has 2 rings (SSSR count). The molecule has 0 spiro atoms. The third kappa shape index (κ3) is 3.25. The minimum absolute atomic E-state index is 0.0434. The number of halogens is 1. The summed E-state index contributed by atoms with van der Waals surface area (Å²) in [6.45, 7) is 0. The maximum Gasteiger partial charge on any atom is 0.267 e. The van der Waals surface area contributed by atoms with Gasteiger partial charge in [0.2, 0.25) is 0 Å². The summed E-state index contributed by atoms with van der Waals surface area (Å²) in [4.78, 5) is 11.8. The highest BCUT2D eigenvalue weighted by Crippen LogP contribution is 2.21. The van der Waals surface area contributed by atoms with Crippen molar-refractivity contribution in [2.75, 3.05) is 5.32 Å². The van der Waals surface area contributed by atoms with E-state index in [4.69, 9.17) is 16.9 Å². The standard InChI is InChI=1S/C13H12ClN3O/c14-11-3-1-2-4-12(11)17-13(18)9(7-15)8-16-10-5-6-10/h1-4,8,10,16H,5-6H2,(H,17,18)/b9-8-. The predicted molar refractivity (Wildman–Crippen MR) is 69.9 cm³/mol. The first-order chi connectivity index (χ1) is 8.70. The fourth-order valence-electron chi connectivity index (χ4n) is 1.35. The van der Waals surface area contributed by atoms with E-state index in [9.17, 15) is 4.79 Å². The van der Waals surface area contributed by atoms with Crippen LogP contribution in [0.3, 0.4) is 0 Å². The second-order valence-corrected chi connectivity index (χ2v) is 4.45. The Bertz CT molecular complexity index is 529. The normalized spacial score (nSPS) is 14.8. The van der Waals surface area contributed by atoms with Crippen LogP contribution in [-0.4, -0.2) is 11.9 Å². The van der Waals surface area contributed by atoms with Crippen LogP contribution in [0, 0.1) is 11.3 Å². The van der Waals surface area contributed by atoms with Gasteiger partial charge in [0.1, 0.15) is 11.6 Å². The van der Waals surface area contributed by atoms with E-state index in [1.54, 1.807) is 24.3 Å². The monoisotopic (exact) mass is 261 g/mol. The Morgan fingerprint density at radius 1 is 1.44 bits per heavy atom. The van der Waals surface area contributed by atoms with Gasteiger partial charge in [-0.15, -0.1) is 0 Å². The van der Waals surface area contributed by atoms with E-state index in [1.807, 2.05) is 6.07 Å². The summed E-state index contributed by atoms with van der Waals surface area (Å²) in [7, 11) is 0. The average Bonchev–Trinajstić information content (AvgIpc) is 3.17. The molecule has 0 aromatic heterocycles. The maximum absolute atomic E-state index is 11.8. The Kier molecular flexibility index (Phi) is 3.85. The molecular formula is C13H12ClN3O. The number of carbonyl (C=O) groups is 1. The fourth-order valence-corrected chi connectivity index (χ4v) is 1.53. The molecule has 2 N–H and O–H groups in total. The van der Waals surface area contributed by atoms with Crippen LogP contribution in [0.1, 0.15) is 12.8 Å². The van der Waals surface area contributed by atoms with Crippen LogP contribution in [0.5, 0.6) is 0 Å². The lowest BCUT2D eigenvalue weighted by atomic mass is 10.2. The number of rotatable bonds is 4. The van der Waals surface area contributed by atoms with E-state index in [0.717, 1.165) is 12.8 Å². The lowest BCUT2D eigenvalue weighted by molar-refractivity contribution is -0.112. The van der Waals surface area contributed by atoms with Gasteiger partial charge in [-0.2, -0.15) is 5.26 Å². The molecular weight excluding hydrogens is 250 g/mol. The lowest BCUT2D eigenvalue weighted by Gasteiger charge is -2.06. The Labute approximate surface area is 110 Å². The van der Waals surface area contributed by atoms with Crippen molar-refractivity contribution in [2.24, 2.45) is 0 Å².